The monoisotopic (exact) mass is 484 g/mol. The van der Waals surface area contributed by atoms with Crippen LogP contribution in [0.25, 0.3) is 0 Å². The minimum absolute atomic E-state index is 0.119. The van der Waals surface area contributed by atoms with Gasteiger partial charge in [0.2, 0.25) is 0 Å². The van der Waals surface area contributed by atoms with Gasteiger partial charge in [-0.15, -0.1) is 0 Å². The van der Waals surface area contributed by atoms with Crippen LogP contribution in [0.4, 0.5) is 0 Å². The van der Waals surface area contributed by atoms with E-state index in [1.807, 2.05) is 49.0 Å². The van der Waals surface area contributed by atoms with Crippen molar-refractivity contribution >= 4 is 19.3 Å². The van der Waals surface area contributed by atoms with E-state index < -0.39 is 0 Å². The van der Waals surface area contributed by atoms with Gasteiger partial charge in [0.05, 0.1) is 18.9 Å². The second kappa shape index (κ2) is 10.2. The fraction of sp³-hybridized carbons (Fsp3) is 0.467. The third-order valence-electron chi connectivity index (χ3n) is 7.64. The van der Waals surface area contributed by atoms with Crippen LogP contribution in [0.5, 0.6) is 5.75 Å². The first kappa shape index (κ1) is 26.1. The molecule has 6 heteroatoms. The molecular weight excluding hydrogens is 447 g/mol. The molecule has 0 saturated heterocycles. The molecule has 1 aliphatic rings. The number of carbonyl (C=O) groups is 1. The van der Waals surface area contributed by atoms with Crippen LogP contribution in [-0.4, -0.2) is 30.0 Å². The fourth-order valence-electron chi connectivity index (χ4n) is 5.22. The molecule has 3 aromatic rings. The van der Waals surface area contributed by atoms with Crippen LogP contribution in [0.1, 0.15) is 87.9 Å². The van der Waals surface area contributed by atoms with Crippen LogP contribution in [0.2, 0.25) is 0 Å². The van der Waals surface area contributed by atoms with Gasteiger partial charge in [-0.2, -0.15) is 0 Å². The van der Waals surface area contributed by atoms with Gasteiger partial charge in [-0.3, -0.25) is 4.79 Å². The molecule has 0 fully saturated rings. The zero-order chi connectivity index (χ0) is 26.1. The topological polar surface area (TPSA) is 53.4 Å². The summed E-state index contributed by atoms with van der Waals surface area (Å²) in [5.41, 5.74) is 5.75. The van der Waals surface area contributed by atoms with E-state index >= 15 is 0 Å². The van der Waals surface area contributed by atoms with Crippen LogP contribution in [0, 0.1) is 0 Å². The lowest BCUT2D eigenvalue weighted by atomic mass is 9.62. The van der Waals surface area contributed by atoms with E-state index in [4.69, 9.17) is 17.3 Å². The summed E-state index contributed by atoms with van der Waals surface area (Å²) in [6.07, 6.45) is 6.18. The van der Waals surface area contributed by atoms with Gasteiger partial charge in [0.25, 0.3) is 0 Å². The van der Waals surface area contributed by atoms with E-state index in [9.17, 15) is 4.79 Å². The van der Waals surface area contributed by atoms with Crippen molar-refractivity contribution in [2.75, 3.05) is 6.61 Å². The largest absolute Gasteiger partial charge is 0.489 e. The van der Waals surface area contributed by atoms with E-state index in [2.05, 4.69) is 44.8 Å². The molecule has 2 radical (unpaired) electrons. The molecule has 0 bridgehead atoms. The first-order valence-electron chi connectivity index (χ1n) is 12.8. The number of benzene rings is 2. The maximum Gasteiger partial charge on any atom is 0.306 e. The summed E-state index contributed by atoms with van der Waals surface area (Å²) in [6.45, 7) is 11.8. The molecule has 0 spiro atoms. The molecule has 188 valence electrons. The maximum atomic E-state index is 12.3. The van der Waals surface area contributed by atoms with Crippen LogP contribution >= 0.6 is 0 Å². The summed E-state index contributed by atoms with van der Waals surface area (Å²) >= 11 is 0. The zero-order valence-electron chi connectivity index (χ0n) is 22.4. The quantitative estimate of drug-likeness (QED) is 0.325. The lowest BCUT2D eigenvalue weighted by Gasteiger charge is -2.42. The molecule has 1 heterocycles. The Bertz CT molecular complexity index is 1230. The fourth-order valence-corrected chi connectivity index (χ4v) is 5.22. The van der Waals surface area contributed by atoms with Crippen molar-refractivity contribution in [1.82, 2.24) is 9.55 Å². The van der Waals surface area contributed by atoms with Gasteiger partial charge in [0, 0.05) is 19.4 Å². The summed E-state index contributed by atoms with van der Waals surface area (Å²) in [5.74, 6) is 1.15. The second-order valence-electron chi connectivity index (χ2n) is 11.2. The maximum absolute atomic E-state index is 12.3. The van der Waals surface area contributed by atoms with Crippen molar-refractivity contribution in [3.05, 3.63) is 76.9 Å². The number of carbonyl (C=O) groups excluding carboxylic acids is 1. The highest BCUT2D eigenvalue weighted by molar-refractivity contribution is 6.33. The number of aromatic nitrogens is 2. The third-order valence-corrected chi connectivity index (χ3v) is 7.64. The number of esters is 1. The highest BCUT2D eigenvalue weighted by Crippen LogP contribution is 2.45. The van der Waals surface area contributed by atoms with Gasteiger partial charge in [-0.05, 0) is 65.0 Å². The van der Waals surface area contributed by atoms with Crippen LogP contribution in [0.3, 0.4) is 0 Å². The molecule has 36 heavy (non-hydrogen) atoms. The molecular formula is C30H37BN2O3. The Morgan fingerprint density at radius 2 is 1.72 bits per heavy atom. The van der Waals surface area contributed by atoms with Crippen molar-refractivity contribution in [1.29, 1.82) is 0 Å². The average molecular weight is 484 g/mol. The molecule has 1 aliphatic carbocycles. The summed E-state index contributed by atoms with van der Waals surface area (Å²) in [7, 11) is 8.42. The van der Waals surface area contributed by atoms with Crippen molar-refractivity contribution in [3.63, 3.8) is 0 Å². The predicted octanol–water partition coefficient (Wildman–Crippen LogP) is 5.23. The molecule has 4 rings (SSSR count). The molecule has 1 aromatic heterocycles. The number of imidazole rings is 1. The minimum atomic E-state index is -0.236. The molecule has 5 nitrogen and oxygen atoms in total. The second-order valence-corrected chi connectivity index (χ2v) is 11.2. The number of hydrogen-bond acceptors (Lipinski definition) is 4. The third kappa shape index (κ3) is 5.38. The van der Waals surface area contributed by atoms with E-state index in [0.717, 1.165) is 41.0 Å². The number of nitrogens with zero attached hydrogens (tertiary/aromatic N) is 2. The SMILES string of the molecule is [B]c1cc2c(cc1COc1ccc([C@H](CC(=O)OCC)c3nccn3C)cc1)C(C)(C)CCC2(C)C. The summed E-state index contributed by atoms with van der Waals surface area (Å²) < 4.78 is 13.3. The molecule has 0 N–H and O–H groups in total. The molecule has 0 saturated carbocycles. The van der Waals surface area contributed by atoms with Gasteiger partial charge < -0.3 is 14.0 Å². The highest BCUT2D eigenvalue weighted by atomic mass is 16.5. The molecule has 0 amide bonds. The first-order chi connectivity index (χ1) is 17.0. The van der Waals surface area contributed by atoms with E-state index in [1.54, 1.807) is 6.20 Å². The lowest BCUT2D eigenvalue weighted by molar-refractivity contribution is -0.143. The Hall–Kier alpha value is -3.02. The van der Waals surface area contributed by atoms with E-state index in [1.165, 1.54) is 11.1 Å². The Morgan fingerprint density at radius 1 is 1.08 bits per heavy atom. The van der Waals surface area contributed by atoms with Gasteiger partial charge in [-0.1, -0.05) is 57.4 Å². The van der Waals surface area contributed by atoms with E-state index in [-0.39, 0.29) is 29.1 Å². The predicted molar refractivity (Wildman–Crippen MR) is 144 cm³/mol. The summed E-state index contributed by atoms with van der Waals surface area (Å²) in [5, 5.41) is 0. The molecule has 1 atom stereocenters. The van der Waals surface area contributed by atoms with Crippen LogP contribution in [0.15, 0.2) is 48.8 Å². The molecule has 0 unspecified atom stereocenters. The van der Waals surface area contributed by atoms with Crippen molar-refractivity contribution < 1.29 is 14.3 Å². The highest BCUT2D eigenvalue weighted by Gasteiger charge is 2.37. The minimum Gasteiger partial charge on any atom is -0.489 e. The summed E-state index contributed by atoms with van der Waals surface area (Å²) in [6, 6.07) is 12.3. The van der Waals surface area contributed by atoms with Gasteiger partial charge >= 0.3 is 5.97 Å². The molecule has 2 aromatic carbocycles. The standard InChI is InChI=1S/C30H37BN2O3/c1-7-35-27(34)17-23(28-32-14-15-33(28)6)20-8-10-22(11-9-20)36-19-21-16-24-25(18-26(21)31)30(4,5)13-12-29(24,2)3/h8-11,14-16,18,23H,7,12-13,17,19H2,1-6H3/t23-/m0/s1. The van der Waals surface area contributed by atoms with Gasteiger partial charge in [-0.25, -0.2) is 4.98 Å². The number of hydrogen-bond donors (Lipinski definition) is 0. The van der Waals surface area contributed by atoms with Crippen molar-refractivity contribution in [2.24, 2.45) is 7.05 Å². The van der Waals surface area contributed by atoms with Gasteiger partial charge in [0.15, 0.2) is 0 Å². The van der Waals surface area contributed by atoms with Crippen molar-refractivity contribution in [2.45, 2.75) is 77.2 Å². The number of ether oxygens (including phenoxy) is 2. The average Bonchev–Trinajstić information content (AvgIpc) is 3.25. The smallest absolute Gasteiger partial charge is 0.306 e. The molecule has 0 aliphatic heterocycles. The van der Waals surface area contributed by atoms with E-state index in [0.29, 0.717) is 13.2 Å². The zero-order valence-corrected chi connectivity index (χ0v) is 22.4. The number of aryl methyl sites for hydroxylation is 1. The summed E-state index contributed by atoms with van der Waals surface area (Å²) in [4.78, 5) is 16.8. The Labute approximate surface area is 216 Å². The normalized spacial score (nSPS) is 16.7. The van der Waals surface area contributed by atoms with Crippen LogP contribution < -0.4 is 10.2 Å². The Morgan fingerprint density at radius 3 is 2.31 bits per heavy atom. The van der Waals surface area contributed by atoms with Crippen LogP contribution in [-0.2, 0) is 34.0 Å². The Balaban J connectivity index is 1.53. The van der Waals surface area contributed by atoms with Crippen molar-refractivity contribution in [3.8, 4) is 5.75 Å². The number of rotatable bonds is 8. The van der Waals surface area contributed by atoms with Gasteiger partial charge in [0.1, 0.15) is 26.0 Å². The first-order valence-corrected chi connectivity index (χ1v) is 12.8. The lowest BCUT2D eigenvalue weighted by Crippen LogP contribution is -2.35. The Kier molecular flexibility index (Phi) is 7.35. The number of fused-ring (bicyclic) bond motifs is 1.